The van der Waals surface area contributed by atoms with Crippen LogP contribution in [-0.4, -0.2) is 37.0 Å². The highest BCUT2D eigenvalue weighted by atomic mass is 16.5. The van der Waals surface area contributed by atoms with E-state index < -0.39 is 11.9 Å². The molecule has 1 rings (SSSR count). The summed E-state index contributed by atoms with van der Waals surface area (Å²) in [5, 5.41) is 0. The van der Waals surface area contributed by atoms with Gasteiger partial charge in [-0.05, 0) is 24.7 Å². The van der Waals surface area contributed by atoms with E-state index in [4.69, 9.17) is 0 Å². The highest BCUT2D eigenvalue weighted by molar-refractivity contribution is 6.32. The number of nitrogens with zero attached hydrogens (tertiary/aromatic N) is 1. The van der Waals surface area contributed by atoms with Gasteiger partial charge in [0.1, 0.15) is 0 Å². The quantitative estimate of drug-likeness (QED) is 0.448. The fourth-order valence-corrected chi connectivity index (χ4v) is 1.84. The first-order valence-electron chi connectivity index (χ1n) is 5.33. The summed E-state index contributed by atoms with van der Waals surface area (Å²) in [5.41, 5.74) is 0.269. The fraction of sp³-hybridized carbons (Fsp3) is 0.818. The second kappa shape index (κ2) is 4.64. The van der Waals surface area contributed by atoms with Crippen LogP contribution >= 0.6 is 0 Å². The minimum atomic E-state index is -0.755. The Morgan fingerprint density at radius 3 is 2.47 bits per heavy atom. The van der Waals surface area contributed by atoms with Crippen molar-refractivity contribution in [2.45, 2.75) is 33.1 Å². The number of ether oxygens (including phenoxy) is 1. The van der Waals surface area contributed by atoms with Crippen molar-refractivity contribution in [2.75, 3.05) is 20.2 Å². The van der Waals surface area contributed by atoms with Gasteiger partial charge in [0.2, 0.25) is 0 Å². The standard InChI is InChI=1S/C11H19NO3/c1-11(2)5-4-7-12(8-6-11)9(13)10(14)15-3/h4-8H2,1-3H3. The van der Waals surface area contributed by atoms with Gasteiger partial charge in [-0.1, -0.05) is 13.8 Å². The number of hydrogen-bond acceptors (Lipinski definition) is 3. The highest BCUT2D eigenvalue weighted by Crippen LogP contribution is 2.29. The Kier molecular flexibility index (Phi) is 3.72. The number of amides is 1. The number of methoxy groups -OCH3 is 1. The zero-order valence-electron chi connectivity index (χ0n) is 9.71. The van der Waals surface area contributed by atoms with Crippen LogP contribution in [-0.2, 0) is 14.3 Å². The average Bonchev–Trinajstić information content (AvgIpc) is 2.37. The van der Waals surface area contributed by atoms with Crippen LogP contribution in [0.4, 0.5) is 0 Å². The van der Waals surface area contributed by atoms with Gasteiger partial charge in [-0.3, -0.25) is 4.79 Å². The maximum absolute atomic E-state index is 11.5. The van der Waals surface area contributed by atoms with E-state index in [-0.39, 0.29) is 5.41 Å². The van der Waals surface area contributed by atoms with Crippen LogP contribution in [0, 0.1) is 5.41 Å². The first kappa shape index (κ1) is 12.0. The zero-order valence-corrected chi connectivity index (χ0v) is 9.71. The van der Waals surface area contributed by atoms with E-state index in [1.54, 1.807) is 4.90 Å². The minimum Gasteiger partial charge on any atom is -0.462 e. The van der Waals surface area contributed by atoms with Crippen molar-refractivity contribution in [1.29, 1.82) is 0 Å². The first-order chi connectivity index (χ1) is 6.96. The molecular formula is C11H19NO3. The largest absolute Gasteiger partial charge is 0.462 e. The monoisotopic (exact) mass is 213 g/mol. The molecule has 0 N–H and O–H groups in total. The molecule has 15 heavy (non-hydrogen) atoms. The van der Waals surface area contributed by atoms with Crippen molar-refractivity contribution in [2.24, 2.45) is 5.41 Å². The molecule has 1 aliphatic heterocycles. The predicted molar refractivity (Wildman–Crippen MR) is 56.2 cm³/mol. The van der Waals surface area contributed by atoms with Gasteiger partial charge in [-0.25, -0.2) is 4.79 Å². The SMILES string of the molecule is COC(=O)C(=O)N1CCCC(C)(C)CC1. The second-order valence-corrected chi connectivity index (χ2v) is 4.80. The minimum absolute atomic E-state index is 0.269. The molecule has 0 aromatic heterocycles. The third kappa shape index (κ3) is 3.22. The third-order valence-electron chi connectivity index (χ3n) is 2.99. The number of likely N-dealkylation sites (tertiary alicyclic amines) is 1. The van der Waals surface area contributed by atoms with Crippen LogP contribution in [0.5, 0.6) is 0 Å². The lowest BCUT2D eigenvalue weighted by molar-refractivity contribution is -0.158. The molecule has 0 aliphatic carbocycles. The molecule has 0 atom stereocenters. The van der Waals surface area contributed by atoms with Crippen molar-refractivity contribution >= 4 is 11.9 Å². The summed E-state index contributed by atoms with van der Waals surface area (Å²) in [6.07, 6.45) is 2.99. The normalized spacial score (nSPS) is 20.6. The molecule has 0 bridgehead atoms. The maximum atomic E-state index is 11.5. The third-order valence-corrected chi connectivity index (χ3v) is 2.99. The van der Waals surface area contributed by atoms with Crippen molar-refractivity contribution in [3.63, 3.8) is 0 Å². The van der Waals surface area contributed by atoms with Gasteiger partial charge in [0.15, 0.2) is 0 Å². The van der Waals surface area contributed by atoms with Gasteiger partial charge in [-0.2, -0.15) is 0 Å². The van der Waals surface area contributed by atoms with E-state index in [1.165, 1.54) is 7.11 Å². The lowest BCUT2D eigenvalue weighted by Gasteiger charge is -2.22. The molecule has 0 unspecified atom stereocenters. The van der Waals surface area contributed by atoms with E-state index in [0.717, 1.165) is 19.3 Å². The number of carbonyl (C=O) groups excluding carboxylic acids is 2. The van der Waals surface area contributed by atoms with Crippen LogP contribution in [0.15, 0.2) is 0 Å². The molecule has 4 nitrogen and oxygen atoms in total. The van der Waals surface area contributed by atoms with Gasteiger partial charge in [-0.15, -0.1) is 0 Å². The molecule has 1 fully saturated rings. The van der Waals surface area contributed by atoms with Crippen LogP contribution in [0.1, 0.15) is 33.1 Å². The lowest BCUT2D eigenvalue weighted by Crippen LogP contribution is -2.38. The topological polar surface area (TPSA) is 46.6 Å². The molecule has 1 amide bonds. The molecule has 0 aromatic rings. The van der Waals surface area contributed by atoms with Gasteiger partial charge in [0, 0.05) is 13.1 Å². The number of esters is 1. The molecule has 1 heterocycles. The van der Waals surface area contributed by atoms with Crippen LogP contribution in [0.25, 0.3) is 0 Å². The lowest BCUT2D eigenvalue weighted by atomic mass is 9.85. The van der Waals surface area contributed by atoms with Crippen molar-refractivity contribution in [3.8, 4) is 0 Å². The molecule has 4 heteroatoms. The Bertz CT molecular complexity index is 261. The molecule has 1 saturated heterocycles. The highest BCUT2D eigenvalue weighted by Gasteiger charge is 2.28. The van der Waals surface area contributed by atoms with E-state index >= 15 is 0 Å². The van der Waals surface area contributed by atoms with Crippen LogP contribution in [0.3, 0.4) is 0 Å². The summed E-state index contributed by atoms with van der Waals surface area (Å²) < 4.78 is 4.43. The van der Waals surface area contributed by atoms with Gasteiger partial charge < -0.3 is 9.64 Å². The van der Waals surface area contributed by atoms with Gasteiger partial charge in [0.25, 0.3) is 0 Å². The van der Waals surface area contributed by atoms with Crippen LogP contribution < -0.4 is 0 Å². The van der Waals surface area contributed by atoms with Crippen molar-refractivity contribution in [1.82, 2.24) is 4.90 Å². The predicted octanol–water partition coefficient (Wildman–Crippen LogP) is 1.20. The summed E-state index contributed by atoms with van der Waals surface area (Å²) in [5.74, 6) is -1.26. The summed E-state index contributed by atoms with van der Waals surface area (Å²) in [4.78, 5) is 24.2. The molecule has 0 spiro atoms. The summed E-state index contributed by atoms with van der Waals surface area (Å²) in [7, 11) is 1.24. The van der Waals surface area contributed by atoms with Crippen LogP contribution in [0.2, 0.25) is 0 Å². The average molecular weight is 213 g/mol. The Balaban J connectivity index is 2.58. The fourth-order valence-electron chi connectivity index (χ4n) is 1.84. The van der Waals surface area contributed by atoms with E-state index in [1.807, 2.05) is 0 Å². The zero-order chi connectivity index (χ0) is 11.5. The first-order valence-corrected chi connectivity index (χ1v) is 5.33. The smallest absolute Gasteiger partial charge is 0.396 e. The molecule has 1 aliphatic rings. The number of carbonyl (C=O) groups is 2. The summed E-state index contributed by atoms with van der Waals surface area (Å²) in [6.45, 7) is 5.70. The van der Waals surface area contributed by atoms with Crippen molar-refractivity contribution < 1.29 is 14.3 Å². The van der Waals surface area contributed by atoms with Gasteiger partial charge >= 0.3 is 11.9 Å². The molecule has 0 aromatic carbocycles. The van der Waals surface area contributed by atoms with E-state index in [0.29, 0.717) is 13.1 Å². The second-order valence-electron chi connectivity index (χ2n) is 4.80. The van der Waals surface area contributed by atoms with Crippen molar-refractivity contribution in [3.05, 3.63) is 0 Å². The number of rotatable bonds is 0. The molecule has 86 valence electrons. The Morgan fingerprint density at radius 2 is 1.87 bits per heavy atom. The molecular weight excluding hydrogens is 194 g/mol. The van der Waals surface area contributed by atoms with E-state index in [2.05, 4.69) is 18.6 Å². The summed E-state index contributed by atoms with van der Waals surface area (Å²) in [6, 6.07) is 0. The number of hydrogen-bond donors (Lipinski definition) is 0. The Hall–Kier alpha value is -1.06. The van der Waals surface area contributed by atoms with Gasteiger partial charge in [0.05, 0.1) is 7.11 Å². The molecule has 0 radical (unpaired) electrons. The Morgan fingerprint density at radius 1 is 1.20 bits per heavy atom. The van der Waals surface area contributed by atoms with E-state index in [9.17, 15) is 9.59 Å². The summed E-state index contributed by atoms with van der Waals surface area (Å²) >= 11 is 0. The molecule has 0 saturated carbocycles. The Labute approximate surface area is 90.6 Å². The maximum Gasteiger partial charge on any atom is 0.396 e.